The summed E-state index contributed by atoms with van der Waals surface area (Å²) in [6.07, 6.45) is 1.92. The zero-order valence-corrected chi connectivity index (χ0v) is 15.4. The van der Waals surface area contributed by atoms with Gasteiger partial charge in [0, 0.05) is 29.8 Å². The molecule has 0 aliphatic carbocycles. The highest BCUT2D eigenvalue weighted by Gasteiger charge is 2.32. The Morgan fingerprint density at radius 2 is 1.88 bits per heavy atom. The lowest BCUT2D eigenvalue weighted by molar-refractivity contribution is 0.0938. The summed E-state index contributed by atoms with van der Waals surface area (Å²) in [6, 6.07) is 12.1. The van der Waals surface area contributed by atoms with Crippen LogP contribution in [-0.4, -0.2) is 27.4 Å². The number of sulfonamides is 1. The number of hydrogen-bond donors (Lipinski definition) is 1. The number of benzene rings is 2. The van der Waals surface area contributed by atoms with Crippen molar-refractivity contribution >= 4 is 21.6 Å². The first-order valence-electron chi connectivity index (χ1n) is 8.39. The van der Waals surface area contributed by atoms with Crippen molar-refractivity contribution in [2.24, 2.45) is 0 Å². The van der Waals surface area contributed by atoms with Gasteiger partial charge in [0.1, 0.15) is 0 Å². The first-order valence-corrected chi connectivity index (χ1v) is 9.83. The molecular weight excluding hydrogens is 336 g/mol. The lowest BCUT2D eigenvalue weighted by Gasteiger charge is -2.29. The van der Waals surface area contributed by atoms with Gasteiger partial charge in [0.25, 0.3) is 15.9 Å². The van der Waals surface area contributed by atoms with Crippen molar-refractivity contribution in [3.63, 3.8) is 0 Å². The smallest absolute Gasteiger partial charge is 0.264 e. The van der Waals surface area contributed by atoms with Crippen LogP contribution in [0.4, 0.5) is 5.69 Å². The molecular formula is C19H22N2O3S. The van der Waals surface area contributed by atoms with E-state index >= 15 is 0 Å². The molecule has 1 aliphatic rings. The average molecular weight is 358 g/mol. The fraction of sp³-hybridized carbons (Fsp3) is 0.316. The van der Waals surface area contributed by atoms with Gasteiger partial charge in [-0.15, -0.1) is 0 Å². The molecule has 1 aliphatic heterocycles. The van der Waals surface area contributed by atoms with E-state index in [2.05, 4.69) is 12.2 Å². The molecule has 1 atom stereocenters. The Kier molecular flexibility index (Phi) is 4.56. The molecule has 6 heteroatoms. The van der Waals surface area contributed by atoms with Gasteiger partial charge in [-0.1, -0.05) is 31.5 Å². The molecule has 0 aromatic heterocycles. The summed E-state index contributed by atoms with van der Waals surface area (Å²) < 4.78 is 26.6. The molecule has 3 rings (SSSR count). The highest BCUT2D eigenvalue weighted by Crippen LogP contribution is 2.42. The molecule has 1 unspecified atom stereocenters. The molecule has 0 spiro atoms. The number of amides is 1. The highest BCUT2D eigenvalue weighted by atomic mass is 32.2. The molecule has 0 fully saturated rings. The van der Waals surface area contributed by atoms with E-state index < -0.39 is 10.0 Å². The van der Waals surface area contributed by atoms with Crippen LogP contribution in [0.2, 0.25) is 0 Å². The fourth-order valence-electron chi connectivity index (χ4n) is 3.17. The van der Waals surface area contributed by atoms with E-state index in [1.807, 2.05) is 6.92 Å². The minimum absolute atomic E-state index is 0.101. The monoisotopic (exact) mass is 358 g/mol. The zero-order chi connectivity index (χ0) is 18.2. The molecule has 2 aromatic carbocycles. The Hall–Kier alpha value is -2.34. The van der Waals surface area contributed by atoms with Crippen molar-refractivity contribution in [1.82, 2.24) is 5.32 Å². The molecule has 1 N–H and O–H groups in total. The Morgan fingerprint density at radius 3 is 2.60 bits per heavy atom. The van der Waals surface area contributed by atoms with Gasteiger partial charge in [-0.05, 0) is 37.6 Å². The largest absolute Gasteiger partial charge is 0.350 e. The standard InChI is InChI=1S/C19H22N2O3S/c1-4-7-13(2)20-19(22)14-10-11-17-16(12-14)15-8-5-6-9-18(15)25(23,24)21(17)3/h5-6,8-13H,4,7H2,1-3H3,(H,20,22). The SMILES string of the molecule is CCCC(C)NC(=O)c1ccc2c(c1)-c1ccccc1S(=O)(=O)N2C. The number of carbonyl (C=O) groups excluding carboxylic acids is 1. The van der Waals surface area contributed by atoms with Gasteiger partial charge in [0.2, 0.25) is 0 Å². The van der Waals surface area contributed by atoms with Gasteiger partial charge < -0.3 is 5.32 Å². The second-order valence-corrected chi connectivity index (χ2v) is 8.30. The molecule has 0 radical (unpaired) electrons. The summed E-state index contributed by atoms with van der Waals surface area (Å²) in [5.41, 5.74) is 2.50. The number of fused-ring (bicyclic) bond motifs is 3. The van der Waals surface area contributed by atoms with E-state index in [4.69, 9.17) is 0 Å². The van der Waals surface area contributed by atoms with Crippen molar-refractivity contribution in [1.29, 1.82) is 0 Å². The van der Waals surface area contributed by atoms with Crippen LogP contribution in [-0.2, 0) is 10.0 Å². The Labute approximate surface area is 148 Å². The molecule has 0 saturated heterocycles. The van der Waals surface area contributed by atoms with E-state index in [-0.39, 0.29) is 16.8 Å². The Bertz CT molecular complexity index is 922. The van der Waals surface area contributed by atoms with Gasteiger partial charge in [-0.2, -0.15) is 0 Å². The summed E-state index contributed by atoms with van der Waals surface area (Å²) in [4.78, 5) is 12.8. The number of nitrogens with one attached hydrogen (secondary N) is 1. The van der Waals surface area contributed by atoms with E-state index in [1.165, 1.54) is 11.4 Å². The summed E-state index contributed by atoms with van der Waals surface area (Å²) in [5, 5.41) is 2.98. The number of nitrogens with zero attached hydrogens (tertiary/aromatic N) is 1. The number of rotatable bonds is 4. The van der Waals surface area contributed by atoms with Gasteiger partial charge in [0.05, 0.1) is 10.6 Å². The number of hydrogen-bond acceptors (Lipinski definition) is 3. The van der Waals surface area contributed by atoms with Gasteiger partial charge in [-0.25, -0.2) is 8.42 Å². The van der Waals surface area contributed by atoms with Crippen LogP contribution in [0.1, 0.15) is 37.0 Å². The second-order valence-electron chi connectivity index (χ2n) is 6.36. The zero-order valence-electron chi connectivity index (χ0n) is 14.6. The molecule has 1 heterocycles. The van der Waals surface area contributed by atoms with Crippen molar-refractivity contribution in [2.75, 3.05) is 11.4 Å². The van der Waals surface area contributed by atoms with Crippen LogP contribution in [0.5, 0.6) is 0 Å². The molecule has 2 aromatic rings. The van der Waals surface area contributed by atoms with Crippen LogP contribution in [0.15, 0.2) is 47.4 Å². The van der Waals surface area contributed by atoms with E-state index in [1.54, 1.807) is 42.5 Å². The average Bonchev–Trinajstić information content (AvgIpc) is 2.59. The third-order valence-corrected chi connectivity index (χ3v) is 6.34. The van der Waals surface area contributed by atoms with Crippen molar-refractivity contribution < 1.29 is 13.2 Å². The minimum Gasteiger partial charge on any atom is -0.350 e. The number of anilines is 1. The van der Waals surface area contributed by atoms with Crippen molar-refractivity contribution in [3.05, 3.63) is 48.0 Å². The molecule has 0 saturated carbocycles. The van der Waals surface area contributed by atoms with Crippen LogP contribution in [0.25, 0.3) is 11.1 Å². The lowest BCUT2D eigenvalue weighted by Crippen LogP contribution is -2.33. The first kappa shape index (κ1) is 17.5. The maximum Gasteiger partial charge on any atom is 0.264 e. The third-order valence-electron chi connectivity index (χ3n) is 4.51. The maximum atomic E-state index is 12.6. The molecule has 0 bridgehead atoms. The predicted molar refractivity (Wildman–Crippen MR) is 99.3 cm³/mol. The lowest BCUT2D eigenvalue weighted by atomic mass is 10.00. The van der Waals surface area contributed by atoms with E-state index in [9.17, 15) is 13.2 Å². The van der Waals surface area contributed by atoms with Gasteiger partial charge in [-0.3, -0.25) is 9.10 Å². The Balaban J connectivity index is 2.05. The number of carbonyl (C=O) groups is 1. The topological polar surface area (TPSA) is 66.5 Å². The van der Waals surface area contributed by atoms with Crippen LogP contribution in [0.3, 0.4) is 0 Å². The van der Waals surface area contributed by atoms with E-state index in [0.29, 0.717) is 16.8 Å². The molecule has 25 heavy (non-hydrogen) atoms. The maximum absolute atomic E-state index is 12.6. The van der Waals surface area contributed by atoms with Crippen LogP contribution < -0.4 is 9.62 Å². The van der Waals surface area contributed by atoms with Crippen LogP contribution in [0, 0.1) is 0 Å². The van der Waals surface area contributed by atoms with Gasteiger partial charge >= 0.3 is 0 Å². The fourth-order valence-corrected chi connectivity index (χ4v) is 4.59. The predicted octanol–water partition coefficient (Wildman–Crippen LogP) is 3.41. The first-order chi connectivity index (χ1) is 11.9. The highest BCUT2D eigenvalue weighted by molar-refractivity contribution is 7.93. The third kappa shape index (κ3) is 3.02. The van der Waals surface area contributed by atoms with Crippen molar-refractivity contribution in [3.8, 4) is 11.1 Å². The van der Waals surface area contributed by atoms with Gasteiger partial charge in [0.15, 0.2) is 0 Å². The van der Waals surface area contributed by atoms with E-state index in [0.717, 1.165) is 18.4 Å². The molecule has 132 valence electrons. The summed E-state index contributed by atoms with van der Waals surface area (Å²) >= 11 is 0. The normalized spacial score (nSPS) is 15.9. The minimum atomic E-state index is -3.56. The molecule has 5 nitrogen and oxygen atoms in total. The summed E-state index contributed by atoms with van der Waals surface area (Å²) in [6.45, 7) is 4.06. The molecule has 1 amide bonds. The van der Waals surface area contributed by atoms with Crippen LogP contribution >= 0.6 is 0 Å². The van der Waals surface area contributed by atoms with Crippen molar-refractivity contribution in [2.45, 2.75) is 37.6 Å². The summed E-state index contributed by atoms with van der Waals surface area (Å²) in [5.74, 6) is -0.141. The summed E-state index contributed by atoms with van der Waals surface area (Å²) in [7, 11) is -2.03. The second kappa shape index (κ2) is 6.52. The quantitative estimate of drug-likeness (QED) is 0.911. The Morgan fingerprint density at radius 1 is 1.16 bits per heavy atom.